The lowest BCUT2D eigenvalue weighted by Gasteiger charge is -2.21. The quantitative estimate of drug-likeness (QED) is 0.0715. The largest absolute Gasteiger partial charge is 0.323 e. The summed E-state index contributed by atoms with van der Waals surface area (Å²) in [5.41, 5.74) is 39.0. The highest BCUT2D eigenvalue weighted by atomic mass is 15.2. The van der Waals surface area contributed by atoms with Gasteiger partial charge in [0.25, 0.3) is 0 Å². The molecular formula is C100H85N10+. The van der Waals surface area contributed by atoms with Gasteiger partial charge < -0.3 is 27.4 Å². The van der Waals surface area contributed by atoms with Crippen molar-refractivity contribution in [2.45, 2.75) is 55.4 Å². The van der Waals surface area contributed by atoms with Crippen LogP contribution in [0.15, 0.2) is 298 Å². The summed E-state index contributed by atoms with van der Waals surface area (Å²) in [6.07, 6.45) is 16.3. The summed E-state index contributed by atoms with van der Waals surface area (Å²) in [5.74, 6) is 0.668. The van der Waals surface area contributed by atoms with Gasteiger partial charge in [-0.3, -0.25) is 0 Å². The fourth-order valence-corrected chi connectivity index (χ4v) is 15.8. The average Bonchev–Trinajstić information content (AvgIpc) is 1.08. The third-order valence-corrected chi connectivity index (χ3v) is 22.8. The minimum absolute atomic E-state index is 0.668. The minimum atomic E-state index is 0.668. The second kappa shape index (κ2) is 28.7. The van der Waals surface area contributed by atoms with Crippen LogP contribution < -0.4 is 18.3 Å². The highest BCUT2D eigenvalue weighted by Gasteiger charge is 2.24. The zero-order valence-corrected chi connectivity index (χ0v) is 64.3. The Morgan fingerprint density at radius 3 is 0.791 bits per heavy atom. The number of benzene rings is 12. The molecule has 12 aromatic carbocycles. The Bertz CT molecular complexity index is 5700. The Hall–Kier alpha value is -13.4. The molecule has 0 amide bonds. The molecule has 0 fully saturated rings. The second-order valence-electron chi connectivity index (χ2n) is 29.1. The summed E-state index contributed by atoms with van der Waals surface area (Å²) in [5, 5.41) is 0. The lowest BCUT2D eigenvalue weighted by Crippen LogP contribution is -2.29. The topological polar surface area (TPSA) is 61.0 Å². The molecular weight excluding hydrogens is 1340 g/mol. The summed E-state index contributed by atoms with van der Waals surface area (Å²) in [6, 6.07) is 103. The molecule has 0 spiro atoms. The van der Waals surface area contributed by atoms with Crippen molar-refractivity contribution in [1.29, 1.82) is 0 Å². The van der Waals surface area contributed by atoms with E-state index in [2.05, 4.69) is 418 Å². The number of aryl methyl sites for hydroxylation is 4. The highest BCUT2D eigenvalue weighted by Crippen LogP contribution is 2.48. The van der Waals surface area contributed by atoms with Gasteiger partial charge in [0.05, 0.1) is 45.3 Å². The van der Waals surface area contributed by atoms with E-state index in [4.69, 9.17) is 9.97 Å². The van der Waals surface area contributed by atoms with Gasteiger partial charge in [-0.2, -0.15) is 4.57 Å². The van der Waals surface area contributed by atoms with E-state index in [0.717, 1.165) is 168 Å². The molecule has 0 aliphatic rings. The Morgan fingerprint density at radius 1 is 0.245 bits per heavy atom. The van der Waals surface area contributed by atoms with Crippen LogP contribution in [0.25, 0.3) is 157 Å². The molecule has 5 heterocycles. The van der Waals surface area contributed by atoms with Crippen LogP contribution in [0.2, 0.25) is 0 Å². The van der Waals surface area contributed by atoms with Crippen molar-refractivity contribution in [3.05, 3.63) is 362 Å². The van der Waals surface area contributed by atoms with Crippen molar-refractivity contribution in [1.82, 2.24) is 28.2 Å². The van der Waals surface area contributed by atoms with E-state index in [-0.39, 0.29) is 0 Å². The van der Waals surface area contributed by atoms with Crippen molar-refractivity contribution >= 4 is 0 Å². The number of rotatable bonds is 16. The molecule has 0 N–H and O–H groups in total. The molecule has 10 nitrogen and oxygen atoms in total. The molecule has 0 unspecified atom stereocenters. The number of imidazole rings is 4. The Labute approximate surface area is 645 Å². The maximum atomic E-state index is 4.73. The fraction of sp³-hybridized carbons (Fsp3) is 0.120. The summed E-state index contributed by atoms with van der Waals surface area (Å²) in [4.78, 5) is 9.46. The van der Waals surface area contributed by atoms with Crippen LogP contribution in [0.1, 0.15) is 45.6 Å². The molecule has 5 aromatic heterocycles. The van der Waals surface area contributed by atoms with Crippen molar-refractivity contribution in [2.24, 2.45) is 28.2 Å². The lowest BCUT2D eigenvalue weighted by atomic mass is 9.82. The zero-order chi connectivity index (χ0) is 75.6. The summed E-state index contributed by atoms with van der Waals surface area (Å²) >= 11 is 0. The first-order valence-electron chi connectivity index (χ1n) is 37.6. The molecule has 534 valence electrons. The third-order valence-electron chi connectivity index (χ3n) is 22.8. The van der Waals surface area contributed by atoms with Crippen molar-refractivity contribution in [3.63, 3.8) is 0 Å². The van der Waals surface area contributed by atoms with Crippen LogP contribution in [0.5, 0.6) is 0 Å². The maximum absolute atomic E-state index is 4.73. The van der Waals surface area contributed by atoms with E-state index in [1.165, 1.54) is 28.5 Å². The summed E-state index contributed by atoms with van der Waals surface area (Å²) in [6.45, 7) is 17.2. The monoisotopic (exact) mass is 1430 g/mol. The van der Waals surface area contributed by atoms with E-state index in [1.54, 1.807) is 0 Å². The van der Waals surface area contributed by atoms with Crippen LogP contribution in [-0.2, 0) is 28.2 Å². The molecule has 10 heteroatoms. The van der Waals surface area contributed by atoms with Gasteiger partial charge in [0.15, 0.2) is 5.82 Å². The Morgan fingerprint density at radius 2 is 0.509 bits per heavy atom. The van der Waals surface area contributed by atoms with Crippen LogP contribution in [0.4, 0.5) is 0 Å². The predicted molar refractivity (Wildman–Crippen MR) is 444 cm³/mol. The van der Waals surface area contributed by atoms with Crippen molar-refractivity contribution in [2.75, 3.05) is 0 Å². The fourth-order valence-electron chi connectivity index (χ4n) is 15.8. The van der Waals surface area contributed by atoms with E-state index in [0.29, 0.717) is 5.82 Å². The van der Waals surface area contributed by atoms with E-state index in [1.807, 2.05) is 18.5 Å². The van der Waals surface area contributed by atoms with Crippen LogP contribution in [-0.4, -0.2) is 28.2 Å². The SMILES string of the molecule is Cc1c(C)[n+](C)[c-]n1-c1ccc(-c2ccccc2-c2cc(-c3ccccc3-c3ccc(-n4[c-][n+](C)c(C)c4C)cc3)cc(-c3cccc(-c4cc(-c5ccccc5-c5ccc(-n6[c-][n+](C)c(C)c6C)cc5)cc(-c5ccccc5-c5ccc(-n6c[n+](C)c(C)c6C)cc5)c4)c3-c3ccc(-c4ncccn4)cc3)c2)cc1. The molecule has 0 bridgehead atoms. The summed E-state index contributed by atoms with van der Waals surface area (Å²) in [7, 11) is 8.27. The molecule has 0 aliphatic heterocycles. The van der Waals surface area contributed by atoms with E-state index >= 15 is 0 Å². The first-order chi connectivity index (χ1) is 53.5. The summed E-state index contributed by atoms with van der Waals surface area (Å²) < 4.78 is 17.1. The first kappa shape index (κ1) is 69.6. The standard InChI is InChI=1S/C100H85N10/c1-65-69(5)107(61-103(65)9)85-45-37-73(38-46-85)89-23-13-17-27-93(89)79-55-80(94-28-18-14-24-90(94)74-39-47-86(48-40-74)108-62-104(10)66(2)70(108)6)58-83(57-79)97-31-21-32-98(99(97)77-33-35-78(36-34-77)100-101-53-22-54-102-100)84-59-81(95-29-19-15-25-91(95)75-41-49-87(50-42-75)109-63-105(11)67(3)71(109)7)56-82(60-84)96-30-20-16-26-92(96)76-43-51-88(52-44-76)110-64-106(12)68(4)72(110)8/h13-61H,1-12H3/q+1. The molecule has 0 radical (unpaired) electrons. The predicted octanol–water partition coefficient (Wildman–Crippen LogP) is 20.8. The lowest BCUT2D eigenvalue weighted by molar-refractivity contribution is -0.681. The minimum Gasteiger partial charge on any atom is -0.323 e. The van der Waals surface area contributed by atoms with E-state index in [9.17, 15) is 0 Å². The molecule has 0 atom stereocenters. The normalized spacial score (nSPS) is 11.5. The van der Waals surface area contributed by atoms with Crippen LogP contribution in [0, 0.1) is 74.4 Å². The number of nitrogens with zero attached hydrogens (tertiary/aromatic N) is 10. The molecule has 17 aromatic rings. The maximum Gasteiger partial charge on any atom is 0.249 e. The zero-order valence-electron chi connectivity index (χ0n) is 64.3. The van der Waals surface area contributed by atoms with Gasteiger partial charge in [0, 0.05) is 66.0 Å². The van der Waals surface area contributed by atoms with Crippen LogP contribution in [0.3, 0.4) is 0 Å². The Kier molecular flexibility index (Phi) is 18.2. The van der Waals surface area contributed by atoms with Gasteiger partial charge in [-0.25, -0.2) is 14.5 Å². The van der Waals surface area contributed by atoms with E-state index < -0.39 is 0 Å². The smallest absolute Gasteiger partial charge is 0.249 e. The molecule has 110 heavy (non-hydrogen) atoms. The Balaban J connectivity index is 0.889. The van der Waals surface area contributed by atoms with Gasteiger partial charge in [-0.05, 0) is 219 Å². The van der Waals surface area contributed by atoms with Crippen molar-refractivity contribution in [3.8, 4) is 157 Å². The van der Waals surface area contributed by atoms with Gasteiger partial charge >= 0.3 is 0 Å². The highest BCUT2D eigenvalue weighted by molar-refractivity contribution is 6.01. The molecule has 0 aliphatic carbocycles. The van der Waals surface area contributed by atoms with Crippen molar-refractivity contribution < 1.29 is 18.3 Å². The van der Waals surface area contributed by atoms with Crippen LogP contribution >= 0.6 is 0 Å². The molecule has 0 saturated carbocycles. The number of aromatic nitrogens is 10. The molecule has 17 rings (SSSR count). The van der Waals surface area contributed by atoms with Gasteiger partial charge in [-0.1, -0.05) is 224 Å². The third kappa shape index (κ3) is 12.8. The van der Waals surface area contributed by atoms with Gasteiger partial charge in [0.2, 0.25) is 25.3 Å². The average molecular weight is 1430 g/mol. The number of hydrogen-bond acceptors (Lipinski definition) is 2. The van der Waals surface area contributed by atoms with Gasteiger partial charge in [0.1, 0.15) is 17.1 Å². The number of hydrogen-bond donors (Lipinski definition) is 0. The second-order valence-corrected chi connectivity index (χ2v) is 29.1. The first-order valence-corrected chi connectivity index (χ1v) is 37.6. The molecule has 0 saturated heterocycles. The van der Waals surface area contributed by atoms with Gasteiger partial charge in [-0.15, -0.1) is 0 Å².